The highest BCUT2D eigenvalue weighted by molar-refractivity contribution is 5.71. The van der Waals surface area contributed by atoms with Crippen LogP contribution in [0.1, 0.15) is 265 Å². The Morgan fingerprint density at radius 1 is 0.319 bits per heavy atom. The summed E-state index contributed by atoms with van der Waals surface area (Å²) in [6, 6.07) is 0. The van der Waals surface area contributed by atoms with E-state index >= 15 is 0 Å². The first-order valence-corrected chi connectivity index (χ1v) is 28.8. The highest BCUT2D eigenvalue weighted by Gasteiger charge is 2.19. The van der Waals surface area contributed by atoms with E-state index in [1.165, 1.54) is 135 Å². The molecule has 69 heavy (non-hydrogen) atoms. The number of rotatable bonds is 51. The lowest BCUT2D eigenvalue weighted by Gasteiger charge is -2.18. The maximum Gasteiger partial charge on any atom is 0.306 e. The zero-order valence-electron chi connectivity index (χ0n) is 45.0. The molecule has 0 aromatic rings. The third-order valence-corrected chi connectivity index (χ3v) is 12.1. The molecular formula is C63H106O6. The molecule has 0 saturated heterocycles. The van der Waals surface area contributed by atoms with E-state index in [1.54, 1.807) is 0 Å². The number of allylic oxidation sites excluding steroid dienone is 16. The summed E-state index contributed by atoms with van der Waals surface area (Å²) < 4.78 is 16.8. The van der Waals surface area contributed by atoms with Gasteiger partial charge >= 0.3 is 17.9 Å². The Kier molecular flexibility index (Phi) is 53.9. The van der Waals surface area contributed by atoms with Crippen LogP contribution < -0.4 is 0 Å². The molecule has 1 unspecified atom stereocenters. The van der Waals surface area contributed by atoms with Crippen LogP contribution in [0.15, 0.2) is 97.2 Å². The number of ether oxygens (including phenoxy) is 3. The van der Waals surface area contributed by atoms with E-state index in [-0.39, 0.29) is 31.6 Å². The van der Waals surface area contributed by atoms with Crippen LogP contribution in [0.5, 0.6) is 0 Å². The van der Waals surface area contributed by atoms with Crippen LogP contribution in [0.4, 0.5) is 0 Å². The largest absolute Gasteiger partial charge is 0.462 e. The smallest absolute Gasteiger partial charge is 0.306 e. The average molecular weight is 960 g/mol. The van der Waals surface area contributed by atoms with Crippen molar-refractivity contribution in [1.29, 1.82) is 0 Å². The lowest BCUT2D eigenvalue weighted by atomic mass is 10.1. The second-order valence-electron chi connectivity index (χ2n) is 18.8. The van der Waals surface area contributed by atoms with E-state index < -0.39 is 12.1 Å². The van der Waals surface area contributed by atoms with Crippen molar-refractivity contribution in [1.82, 2.24) is 0 Å². The highest BCUT2D eigenvalue weighted by Crippen LogP contribution is 2.14. The molecule has 0 N–H and O–H groups in total. The summed E-state index contributed by atoms with van der Waals surface area (Å²) in [5, 5.41) is 0. The van der Waals surface area contributed by atoms with Gasteiger partial charge in [-0.3, -0.25) is 14.4 Å². The van der Waals surface area contributed by atoms with Crippen LogP contribution in [0.25, 0.3) is 0 Å². The molecule has 0 aliphatic rings. The molecule has 1 atom stereocenters. The van der Waals surface area contributed by atoms with Gasteiger partial charge in [-0.25, -0.2) is 0 Å². The topological polar surface area (TPSA) is 78.9 Å². The molecule has 0 amide bonds. The molecular weight excluding hydrogens is 853 g/mol. The van der Waals surface area contributed by atoms with E-state index in [0.717, 1.165) is 83.5 Å². The van der Waals surface area contributed by atoms with Crippen LogP contribution in [-0.4, -0.2) is 37.2 Å². The van der Waals surface area contributed by atoms with Gasteiger partial charge < -0.3 is 14.2 Å². The summed E-state index contributed by atoms with van der Waals surface area (Å²) in [7, 11) is 0. The number of hydrogen-bond donors (Lipinski definition) is 0. The second-order valence-corrected chi connectivity index (χ2v) is 18.8. The zero-order valence-corrected chi connectivity index (χ0v) is 45.0. The molecule has 0 spiro atoms. The normalized spacial score (nSPS) is 12.8. The Balaban J connectivity index is 4.51. The van der Waals surface area contributed by atoms with Gasteiger partial charge in [0.25, 0.3) is 0 Å². The molecule has 6 nitrogen and oxygen atoms in total. The summed E-state index contributed by atoms with van der Waals surface area (Å²) in [4.78, 5) is 38.1. The zero-order chi connectivity index (χ0) is 50.0. The first kappa shape index (κ1) is 65.3. The first-order valence-electron chi connectivity index (χ1n) is 28.8. The monoisotopic (exact) mass is 959 g/mol. The molecule has 0 bridgehead atoms. The number of hydrogen-bond acceptors (Lipinski definition) is 6. The summed E-state index contributed by atoms with van der Waals surface area (Å²) in [6.45, 7) is 6.44. The van der Waals surface area contributed by atoms with E-state index in [1.807, 2.05) is 12.2 Å². The minimum absolute atomic E-state index is 0.118. The van der Waals surface area contributed by atoms with Crippen molar-refractivity contribution in [2.24, 2.45) is 0 Å². The standard InChI is InChI=1S/C63H106O6/c1-4-7-10-13-16-19-22-25-28-31-32-33-36-38-41-44-47-50-53-56-62(65)68-59-60(69-63(66)57-54-51-48-45-42-39-35-30-27-24-21-18-15-12-9-6-3)58-67-61(64)55-52-49-46-43-40-37-34-29-26-23-20-17-14-11-8-5-2/h9,12,18,21,27,29-32,34,37,39-40,42,48,51,60H,4-8,10-11,13-17,19-20,22-26,28,33,35-36,38,41,43-47,49-50,52-59H2,1-3H3/b12-9-,21-18-,30-27-,32-31-,34-29-,40-37-,42-39-,51-48-. The van der Waals surface area contributed by atoms with Gasteiger partial charge in [-0.05, 0) is 103 Å². The van der Waals surface area contributed by atoms with E-state index in [2.05, 4.69) is 106 Å². The Hall–Kier alpha value is -3.67. The maximum absolute atomic E-state index is 12.8. The van der Waals surface area contributed by atoms with Crippen molar-refractivity contribution < 1.29 is 28.6 Å². The fraction of sp³-hybridized carbons (Fsp3) is 0.698. The quantitative estimate of drug-likeness (QED) is 0.0199. The number of carbonyl (C=O) groups excluding carboxylic acids is 3. The number of unbranched alkanes of at least 4 members (excludes halogenated alkanes) is 25. The Labute approximate surface area is 426 Å². The molecule has 0 aromatic carbocycles. The molecule has 0 saturated carbocycles. The predicted molar refractivity (Wildman–Crippen MR) is 297 cm³/mol. The van der Waals surface area contributed by atoms with Crippen molar-refractivity contribution in [2.45, 2.75) is 271 Å². The SMILES string of the molecule is CC/C=C\C/C=C\C/C=C\C/C=C\C/C=C\CCC(=O)OC(COC(=O)CCCCC/C=C\C=C/CCCCCCCCC)COC(=O)CCCCCCCCC/C=C\CCCCCCCCCC. The number of carbonyl (C=O) groups is 3. The van der Waals surface area contributed by atoms with Crippen molar-refractivity contribution in [3.63, 3.8) is 0 Å². The molecule has 0 radical (unpaired) electrons. The molecule has 394 valence electrons. The van der Waals surface area contributed by atoms with Gasteiger partial charge in [-0.15, -0.1) is 0 Å². The van der Waals surface area contributed by atoms with E-state index in [0.29, 0.717) is 19.3 Å². The molecule has 0 fully saturated rings. The first-order chi connectivity index (χ1) is 34.0. The minimum atomic E-state index is -0.831. The average Bonchev–Trinajstić information content (AvgIpc) is 3.35. The fourth-order valence-corrected chi connectivity index (χ4v) is 7.77. The predicted octanol–water partition coefficient (Wildman–Crippen LogP) is 19.3. The summed E-state index contributed by atoms with van der Waals surface area (Å²) in [5.74, 6) is -1.03. The Morgan fingerprint density at radius 3 is 1.04 bits per heavy atom. The minimum Gasteiger partial charge on any atom is -0.462 e. The lowest BCUT2D eigenvalue weighted by molar-refractivity contribution is -0.166. The van der Waals surface area contributed by atoms with Gasteiger partial charge in [0.2, 0.25) is 0 Å². The third kappa shape index (κ3) is 55.1. The molecule has 0 aliphatic heterocycles. The van der Waals surface area contributed by atoms with E-state index in [9.17, 15) is 14.4 Å². The summed E-state index contributed by atoms with van der Waals surface area (Å²) in [6.07, 6.45) is 75.6. The van der Waals surface area contributed by atoms with Crippen LogP contribution in [0.3, 0.4) is 0 Å². The fourth-order valence-electron chi connectivity index (χ4n) is 7.77. The van der Waals surface area contributed by atoms with Crippen LogP contribution in [0, 0.1) is 0 Å². The summed E-state index contributed by atoms with van der Waals surface area (Å²) >= 11 is 0. The lowest BCUT2D eigenvalue weighted by Crippen LogP contribution is -2.30. The van der Waals surface area contributed by atoms with Crippen molar-refractivity contribution in [3.8, 4) is 0 Å². The van der Waals surface area contributed by atoms with Crippen LogP contribution in [-0.2, 0) is 28.6 Å². The van der Waals surface area contributed by atoms with Crippen molar-refractivity contribution >= 4 is 17.9 Å². The van der Waals surface area contributed by atoms with Gasteiger partial charge in [0, 0.05) is 19.3 Å². The number of esters is 3. The van der Waals surface area contributed by atoms with Crippen molar-refractivity contribution in [3.05, 3.63) is 97.2 Å². The second kappa shape index (κ2) is 56.9. The Morgan fingerprint density at radius 2 is 0.638 bits per heavy atom. The van der Waals surface area contributed by atoms with E-state index in [4.69, 9.17) is 14.2 Å². The van der Waals surface area contributed by atoms with Crippen LogP contribution >= 0.6 is 0 Å². The molecule has 0 aromatic heterocycles. The highest BCUT2D eigenvalue weighted by atomic mass is 16.6. The van der Waals surface area contributed by atoms with Gasteiger partial charge in [0.15, 0.2) is 6.10 Å². The van der Waals surface area contributed by atoms with Gasteiger partial charge in [0.05, 0.1) is 0 Å². The van der Waals surface area contributed by atoms with Crippen LogP contribution in [0.2, 0.25) is 0 Å². The van der Waals surface area contributed by atoms with Gasteiger partial charge in [-0.1, -0.05) is 240 Å². The summed E-state index contributed by atoms with van der Waals surface area (Å²) in [5.41, 5.74) is 0. The molecule has 0 heterocycles. The van der Waals surface area contributed by atoms with Crippen molar-refractivity contribution in [2.75, 3.05) is 13.2 Å². The Bertz CT molecular complexity index is 1380. The molecule has 6 heteroatoms. The molecule has 0 rings (SSSR count). The third-order valence-electron chi connectivity index (χ3n) is 12.1. The van der Waals surface area contributed by atoms with Gasteiger partial charge in [-0.2, -0.15) is 0 Å². The molecule has 0 aliphatic carbocycles. The van der Waals surface area contributed by atoms with Gasteiger partial charge in [0.1, 0.15) is 13.2 Å². The maximum atomic E-state index is 12.8.